The largest absolute Gasteiger partial charge is 0.379 e. The lowest BCUT2D eigenvalue weighted by Crippen LogP contribution is -2.49. The van der Waals surface area contributed by atoms with E-state index in [1.807, 2.05) is 11.8 Å². The van der Waals surface area contributed by atoms with Gasteiger partial charge in [0.05, 0.1) is 50.0 Å². The zero-order valence-electron chi connectivity index (χ0n) is 26.3. The minimum Gasteiger partial charge on any atom is -0.379 e. The summed E-state index contributed by atoms with van der Waals surface area (Å²) in [5.74, 6) is 0. The molecule has 0 radical (unpaired) electrons. The third-order valence-corrected chi connectivity index (χ3v) is 9.36. The minimum absolute atomic E-state index is 0.0357. The van der Waals surface area contributed by atoms with Gasteiger partial charge in [0.15, 0.2) is 0 Å². The molecule has 2 aliphatic rings. The second-order valence-corrected chi connectivity index (χ2v) is 12.3. The molecule has 3 atom stereocenters. The standard InChI is InChI=1S/C33H51N3O5S/c1-6-27(37-3)22-40-24-29(39-5)25-41-23-28(38-4)21-35-18-16-34(17-19-35)14-9-15-36-30-10-7-8-11-32(30)42-33-13-12-26(2)20-31(33)36/h7-8,10-13,20,27-29H,6,9,14-19,21-25H2,1-5H3. The molecule has 8 nitrogen and oxygen atoms in total. The number of rotatable bonds is 18. The molecular weight excluding hydrogens is 550 g/mol. The third kappa shape index (κ3) is 9.66. The molecule has 2 aliphatic heterocycles. The summed E-state index contributed by atoms with van der Waals surface area (Å²) in [7, 11) is 5.19. The van der Waals surface area contributed by atoms with E-state index in [0.717, 1.165) is 58.7 Å². The number of benzene rings is 2. The average molecular weight is 602 g/mol. The van der Waals surface area contributed by atoms with Crippen molar-refractivity contribution in [2.45, 2.75) is 54.8 Å². The van der Waals surface area contributed by atoms with E-state index in [2.05, 4.69) is 71.0 Å². The van der Waals surface area contributed by atoms with E-state index < -0.39 is 0 Å². The van der Waals surface area contributed by atoms with Gasteiger partial charge in [0, 0.05) is 70.4 Å². The maximum Gasteiger partial charge on any atom is 0.104 e. The fourth-order valence-corrected chi connectivity index (χ4v) is 6.59. The van der Waals surface area contributed by atoms with Gasteiger partial charge < -0.3 is 33.5 Å². The van der Waals surface area contributed by atoms with E-state index in [1.165, 1.54) is 26.7 Å². The number of aryl methyl sites for hydroxylation is 1. The molecule has 0 bridgehead atoms. The smallest absolute Gasteiger partial charge is 0.104 e. The van der Waals surface area contributed by atoms with Crippen molar-refractivity contribution in [1.29, 1.82) is 0 Å². The Morgan fingerprint density at radius 2 is 1.33 bits per heavy atom. The molecule has 0 amide bonds. The van der Waals surface area contributed by atoms with Crippen LogP contribution in [0.1, 0.15) is 25.3 Å². The van der Waals surface area contributed by atoms with Crippen LogP contribution in [0.4, 0.5) is 11.4 Å². The number of hydrogen-bond acceptors (Lipinski definition) is 9. The molecule has 0 aliphatic carbocycles. The SMILES string of the molecule is CCC(COCC(COCC(CN1CCN(CCCN2c3ccccc3Sc3ccc(C)cc32)CC1)OC)OC)OC. The summed E-state index contributed by atoms with van der Waals surface area (Å²) in [6.45, 7) is 13.7. The molecular formula is C33H51N3O5S. The zero-order chi connectivity index (χ0) is 29.7. The molecule has 1 saturated heterocycles. The second-order valence-electron chi connectivity index (χ2n) is 11.2. The van der Waals surface area contributed by atoms with Crippen molar-refractivity contribution in [3.63, 3.8) is 0 Å². The molecule has 0 N–H and O–H groups in total. The number of methoxy groups -OCH3 is 3. The maximum absolute atomic E-state index is 5.98. The summed E-state index contributed by atoms with van der Waals surface area (Å²) in [5, 5.41) is 0. The van der Waals surface area contributed by atoms with E-state index in [9.17, 15) is 0 Å². The number of hydrogen-bond donors (Lipinski definition) is 0. The van der Waals surface area contributed by atoms with Gasteiger partial charge in [0.25, 0.3) is 0 Å². The van der Waals surface area contributed by atoms with E-state index >= 15 is 0 Å². The average Bonchev–Trinajstić information content (AvgIpc) is 3.02. The lowest BCUT2D eigenvalue weighted by molar-refractivity contribution is -0.0788. The van der Waals surface area contributed by atoms with Crippen LogP contribution in [-0.4, -0.2) is 122 Å². The lowest BCUT2D eigenvalue weighted by Gasteiger charge is -2.37. The van der Waals surface area contributed by atoms with Crippen LogP contribution < -0.4 is 4.90 Å². The number of para-hydroxylation sites is 1. The summed E-state index contributed by atoms with van der Waals surface area (Å²) in [4.78, 5) is 10.3. The first-order chi connectivity index (χ1) is 20.5. The van der Waals surface area contributed by atoms with Crippen LogP contribution in [0.5, 0.6) is 0 Å². The molecule has 42 heavy (non-hydrogen) atoms. The van der Waals surface area contributed by atoms with Gasteiger partial charge in [-0.25, -0.2) is 0 Å². The number of fused-ring (bicyclic) bond motifs is 2. The third-order valence-electron chi connectivity index (χ3n) is 8.23. The van der Waals surface area contributed by atoms with Gasteiger partial charge in [-0.2, -0.15) is 0 Å². The number of piperazine rings is 1. The van der Waals surface area contributed by atoms with Crippen LogP contribution in [0, 0.1) is 6.92 Å². The predicted octanol–water partition coefficient (Wildman–Crippen LogP) is 5.09. The highest BCUT2D eigenvalue weighted by molar-refractivity contribution is 7.99. The van der Waals surface area contributed by atoms with Crippen LogP contribution in [0.15, 0.2) is 52.3 Å². The van der Waals surface area contributed by atoms with E-state index in [4.69, 9.17) is 23.7 Å². The molecule has 2 aromatic carbocycles. The number of ether oxygens (including phenoxy) is 5. The van der Waals surface area contributed by atoms with Crippen LogP contribution in [0.3, 0.4) is 0 Å². The molecule has 0 saturated carbocycles. The second kappa shape index (κ2) is 17.6. The molecule has 1 fully saturated rings. The highest BCUT2D eigenvalue weighted by Gasteiger charge is 2.24. The molecule has 2 heterocycles. The van der Waals surface area contributed by atoms with Gasteiger partial charge >= 0.3 is 0 Å². The predicted molar refractivity (Wildman–Crippen MR) is 171 cm³/mol. The summed E-state index contributed by atoms with van der Waals surface area (Å²) in [6.07, 6.45) is 2.12. The van der Waals surface area contributed by atoms with Gasteiger partial charge in [-0.1, -0.05) is 36.9 Å². The molecule has 234 valence electrons. The van der Waals surface area contributed by atoms with Gasteiger partial charge in [-0.3, -0.25) is 4.90 Å². The van der Waals surface area contributed by atoms with Gasteiger partial charge in [0.1, 0.15) is 6.10 Å². The van der Waals surface area contributed by atoms with Crippen molar-refractivity contribution in [3.8, 4) is 0 Å². The normalized spacial score (nSPS) is 18.0. The monoisotopic (exact) mass is 601 g/mol. The fourth-order valence-electron chi connectivity index (χ4n) is 5.51. The van der Waals surface area contributed by atoms with Gasteiger partial charge in [-0.15, -0.1) is 0 Å². The summed E-state index contributed by atoms with van der Waals surface area (Å²) in [6, 6.07) is 15.6. The molecule has 2 aromatic rings. The Bertz CT molecular complexity index is 1060. The summed E-state index contributed by atoms with van der Waals surface area (Å²) in [5.41, 5.74) is 3.99. The van der Waals surface area contributed by atoms with Crippen LogP contribution in [0.25, 0.3) is 0 Å². The Labute approximate surface area is 257 Å². The Balaban J connectivity index is 1.15. The van der Waals surface area contributed by atoms with E-state index in [-0.39, 0.29) is 18.3 Å². The lowest BCUT2D eigenvalue weighted by atomic mass is 10.1. The van der Waals surface area contributed by atoms with Crippen molar-refractivity contribution in [2.75, 3.05) is 98.5 Å². The number of nitrogens with zero attached hydrogens (tertiary/aromatic N) is 3. The van der Waals surface area contributed by atoms with Gasteiger partial charge in [-0.05, 0) is 56.1 Å². The molecule has 9 heteroatoms. The van der Waals surface area contributed by atoms with Crippen LogP contribution >= 0.6 is 11.8 Å². The van der Waals surface area contributed by atoms with Crippen molar-refractivity contribution >= 4 is 23.1 Å². The topological polar surface area (TPSA) is 55.9 Å². The van der Waals surface area contributed by atoms with Crippen LogP contribution in [0.2, 0.25) is 0 Å². The first-order valence-corrected chi connectivity index (χ1v) is 16.2. The molecule has 0 spiro atoms. The van der Waals surface area contributed by atoms with Crippen molar-refractivity contribution < 1.29 is 23.7 Å². The highest BCUT2D eigenvalue weighted by Crippen LogP contribution is 2.48. The first kappa shape index (κ1) is 33.2. The molecule has 3 unspecified atom stereocenters. The zero-order valence-corrected chi connectivity index (χ0v) is 27.1. The Morgan fingerprint density at radius 3 is 2.02 bits per heavy atom. The van der Waals surface area contributed by atoms with E-state index in [1.54, 1.807) is 21.3 Å². The first-order valence-electron chi connectivity index (χ1n) is 15.4. The quantitative estimate of drug-likeness (QED) is 0.233. The minimum atomic E-state index is -0.102. The van der Waals surface area contributed by atoms with Crippen molar-refractivity contribution in [1.82, 2.24) is 9.80 Å². The summed E-state index contributed by atoms with van der Waals surface area (Å²) >= 11 is 1.88. The summed E-state index contributed by atoms with van der Waals surface area (Å²) < 4.78 is 28.4. The van der Waals surface area contributed by atoms with Crippen LogP contribution in [-0.2, 0) is 23.7 Å². The van der Waals surface area contributed by atoms with Crippen molar-refractivity contribution in [2.24, 2.45) is 0 Å². The molecule has 4 rings (SSSR count). The van der Waals surface area contributed by atoms with E-state index in [0.29, 0.717) is 26.4 Å². The fraction of sp³-hybridized carbons (Fsp3) is 0.636. The molecule has 0 aromatic heterocycles. The Kier molecular flexibility index (Phi) is 13.9. The number of anilines is 2. The van der Waals surface area contributed by atoms with Crippen molar-refractivity contribution in [3.05, 3.63) is 48.0 Å². The highest BCUT2D eigenvalue weighted by atomic mass is 32.2. The Morgan fingerprint density at radius 1 is 0.714 bits per heavy atom. The van der Waals surface area contributed by atoms with Gasteiger partial charge in [0.2, 0.25) is 0 Å². The maximum atomic E-state index is 5.98. The Hall–Kier alpha value is -1.69.